The van der Waals surface area contributed by atoms with E-state index in [0.717, 1.165) is 22.7 Å². The second-order valence-electron chi connectivity index (χ2n) is 8.09. The third-order valence-electron chi connectivity index (χ3n) is 5.91. The third kappa shape index (κ3) is 3.36. The molecule has 4 rings (SSSR count). The van der Waals surface area contributed by atoms with Gasteiger partial charge < -0.3 is 14.4 Å². The fourth-order valence-electron chi connectivity index (χ4n) is 4.16. The SMILES string of the molecule is COC(=O)C1=NN(c2ccccc2)C(=O)/C1=C\C=C1\N(C)c2ccc(OC)cc2C1(C)C. The summed E-state index contributed by atoms with van der Waals surface area (Å²) in [4.78, 5) is 27.6. The van der Waals surface area contributed by atoms with Crippen molar-refractivity contribution >= 4 is 29.0 Å². The van der Waals surface area contributed by atoms with E-state index < -0.39 is 5.97 Å². The second kappa shape index (κ2) is 8.00. The predicted molar refractivity (Wildman–Crippen MR) is 124 cm³/mol. The van der Waals surface area contributed by atoms with Crippen LogP contribution in [0, 0.1) is 0 Å². The molecule has 2 aliphatic heterocycles. The van der Waals surface area contributed by atoms with Crippen LogP contribution in [-0.4, -0.2) is 38.9 Å². The molecule has 1 amide bonds. The Morgan fingerprint density at radius 2 is 1.78 bits per heavy atom. The smallest absolute Gasteiger partial charge is 0.359 e. The van der Waals surface area contributed by atoms with Crippen molar-refractivity contribution in [2.75, 3.05) is 31.2 Å². The van der Waals surface area contributed by atoms with Crippen LogP contribution in [0.1, 0.15) is 19.4 Å². The summed E-state index contributed by atoms with van der Waals surface area (Å²) in [6.45, 7) is 4.22. The van der Waals surface area contributed by atoms with Crippen molar-refractivity contribution in [3.8, 4) is 5.75 Å². The van der Waals surface area contributed by atoms with E-state index in [-0.39, 0.29) is 22.6 Å². The largest absolute Gasteiger partial charge is 0.497 e. The van der Waals surface area contributed by atoms with Gasteiger partial charge in [0, 0.05) is 23.8 Å². The first-order valence-corrected chi connectivity index (χ1v) is 10.2. The maximum Gasteiger partial charge on any atom is 0.359 e. The molecule has 0 fully saturated rings. The number of likely N-dealkylation sites (N-methyl/N-ethyl adjacent to an activating group) is 1. The van der Waals surface area contributed by atoms with E-state index in [0.29, 0.717) is 5.69 Å². The molecule has 0 unspecified atom stereocenters. The maximum absolute atomic E-state index is 13.2. The Hall–Kier alpha value is -3.87. The number of benzene rings is 2. The van der Waals surface area contributed by atoms with Crippen LogP contribution >= 0.6 is 0 Å². The minimum absolute atomic E-state index is 0.0177. The number of methoxy groups -OCH3 is 2. The second-order valence-corrected chi connectivity index (χ2v) is 8.09. The number of amides is 1. The van der Waals surface area contributed by atoms with E-state index in [4.69, 9.17) is 9.47 Å². The Labute approximate surface area is 187 Å². The number of rotatable bonds is 4. The number of hydrazone groups is 1. The zero-order chi connectivity index (χ0) is 23.0. The Morgan fingerprint density at radius 3 is 2.44 bits per heavy atom. The fraction of sp³-hybridized carbons (Fsp3) is 0.240. The average Bonchev–Trinajstić information content (AvgIpc) is 3.23. The third-order valence-corrected chi connectivity index (χ3v) is 5.91. The molecule has 0 N–H and O–H groups in total. The van der Waals surface area contributed by atoms with Gasteiger partial charge in [-0.1, -0.05) is 32.0 Å². The fourth-order valence-corrected chi connectivity index (χ4v) is 4.16. The van der Waals surface area contributed by atoms with E-state index in [9.17, 15) is 9.59 Å². The molecule has 164 valence electrons. The number of ether oxygens (including phenoxy) is 2. The van der Waals surface area contributed by atoms with Crippen LogP contribution in [0.5, 0.6) is 5.75 Å². The molecule has 0 aromatic heterocycles. The van der Waals surface area contributed by atoms with Crippen LogP contribution in [0.25, 0.3) is 0 Å². The lowest BCUT2D eigenvalue weighted by Gasteiger charge is -2.23. The lowest BCUT2D eigenvalue weighted by atomic mass is 9.83. The summed E-state index contributed by atoms with van der Waals surface area (Å²) in [5.74, 6) is -0.256. The Kier molecular flexibility index (Phi) is 5.34. The number of hydrogen-bond acceptors (Lipinski definition) is 6. The van der Waals surface area contributed by atoms with Crippen molar-refractivity contribution in [3.05, 3.63) is 77.5 Å². The van der Waals surface area contributed by atoms with E-state index >= 15 is 0 Å². The van der Waals surface area contributed by atoms with Gasteiger partial charge in [-0.05, 0) is 48.0 Å². The number of para-hydroxylation sites is 1. The molecule has 0 atom stereocenters. The molecule has 2 aromatic carbocycles. The molecule has 2 heterocycles. The van der Waals surface area contributed by atoms with Gasteiger partial charge in [-0.2, -0.15) is 10.1 Å². The highest BCUT2D eigenvalue weighted by molar-refractivity contribution is 6.53. The molecule has 0 saturated carbocycles. The summed E-state index contributed by atoms with van der Waals surface area (Å²) >= 11 is 0. The molecule has 2 aromatic rings. The molecular formula is C25H25N3O4. The number of carbonyl (C=O) groups is 2. The first kappa shape index (κ1) is 21.4. The number of esters is 1. The number of anilines is 2. The predicted octanol–water partition coefficient (Wildman–Crippen LogP) is 3.81. The molecule has 0 saturated heterocycles. The standard InChI is InChI=1S/C25H25N3O4/c1-25(2)19-15-17(31-4)11-13-20(19)27(3)21(25)14-12-18-22(24(30)32-5)26-28(23(18)29)16-9-7-6-8-10-16/h6-15H,1-5H3/b18-12-,21-14+. The molecule has 32 heavy (non-hydrogen) atoms. The molecule has 7 nitrogen and oxygen atoms in total. The van der Waals surface area contributed by atoms with E-state index in [2.05, 4.69) is 23.8 Å². The van der Waals surface area contributed by atoms with Gasteiger partial charge in [-0.15, -0.1) is 0 Å². The lowest BCUT2D eigenvalue weighted by Crippen LogP contribution is -2.24. The van der Waals surface area contributed by atoms with Crippen LogP contribution in [0.3, 0.4) is 0 Å². The van der Waals surface area contributed by atoms with Gasteiger partial charge in [-0.25, -0.2) is 4.79 Å². The van der Waals surface area contributed by atoms with E-state index in [1.807, 2.05) is 37.4 Å². The number of fused-ring (bicyclic) bond motifs is 1. The van der Waals surface area contributed by atoms with Gasteiger partial charge >= 0.3 is 5.97 Å². The first-order chi connectivity index (χ1) is 15.3. The highest BCUT2D eigenvalue weighted by Crippen LogP contribution is 2.48. The Morgan fingerprint density at radius 1 is 1.06 bits per heavy atom. The van der Waals surface area contributed by atoms with Crippen molar-refractivity contribution in [3.63, 3.8) is 0 Å². The minimum Gasteiger partial charge on any atom is -0.497 e. The van der Waals surface area contributed by atoms with Gasteiger partial charge in [0.15, 0.2) is 5.71 Å². The van der Waals surface area contributed by atoms with Crippen LogP contribution < -0.4 is 14.6 Å². The van der Waals surface area contributed by atoms with Gasteiger partial charge in [0.25, 0.3) is 5.91 Å². The summed E-state index contributed by atoms with van der Waals surface area (Å²) < 4.78 is 10.3. The van der Waals surface area contributed by atoms with E-state index in [1.165, 1.54) is 12.1 Å². The quantitative estimate of drug-likeness (QED) is 0.544. The van der Waals surface area contributed by atoms with Crippen molar-refractivity contribution < 1.29 is 19.1 Å². The minimum atomic E-state index is -0.659. The summed E-state index contributed by atoms with van der Waals surface area (Å²) in [5, 5.41) is 5.47. The maximum atomic E-state index is 13.2. The van der Waals surface area contributed by atoms with Gasteiger partial charge in [0.2, 0.25) is 0 Å². The Bertz CT molecular complexity index is 1180. The van der Waals surface area contributed by atoms with Crippen molar-refractivity contribution in [1.82, 2.24) is 0 Å². The topological polar surface area (TPSA) is 71.4 Å². The molecule has 0 radical (unpaired) electrons. The highest BCUT2D eigenvalue weighted by Gasteiger charge is 2.39. The molecule has 0 aliphatic carbocycles. The number of nitrogens with zero attached hydrogens (tertiary/aromatic N) is 3. The van der Waals surface area contributed by atoms with Crippen LogP contribution in [-0.2, 0) is 19.7 Å². The lowest BCUT2D eigenvalue weighted by molar-refractivity contribution is -0.132. The van der Waals surface area contributed by atoms with Gasteiger partial charge in [0.1, 0.15) is 5.75 Å². The van der Waals surface area contributed by atoms with E-state index in [1.54, 1.807) is 37.5 Å². The van der Waals surface area contributed by atoms with Crippen LogP contribution in [0.15, 0.2) is 77.1 Å². The summed E-state index contributed by atoms with van der Waals surface area (Å²) in [6, 6.07) is 14.9. The van der Waals surface area contributed by atoms with Crippen molar-refractivity contribution in [2.45, 2.75) is 19.3 Å². The average molecular weight is 431 g/mol. The van der Waals surface area contributed by atoms with Gasteiger partial charge in [0.05, 0.1) is 25.5 Å². The number of carbonyl (C=O) groups excluding carboxylic acids is 2. The molecule has 7 heteroatoms. The number of hydrogen-bond donors (Lipinski definition) is 0. The zero-order valence-electron chi connectivity index (χ0n) is 18.7. The molecule has 2 aliphatic rings. The molecule has 0 bridgehead atoms. The number of allylic oxidation sites excluding steroid dienone is 3. The normalized spacial score (nSPS) is 19.4. The monoisotopic (exact) mass is 431 g/mol. The summed E-state index contributed by atoms with van der Waals surface area (Å²) in [7, 11) is 4.90. The zero-order valence-corrected chi connectivity index (χ0v) is 18.7. The highest BCUT2D eigenvalue weighted by atomic mass is 16.5. The Balaban J connectivity index is 1.76. The molecule has 0 spiro atoms. The van der Waals surface area contributed by atoms with Crippen molar-refractivity contribution in [1.29, 1.82) is 0 Å². The first-order valence-electron chi connectivity index (χ1n) is 10.2. The van der Waals surface area contributed by atoms with Crippen LogP contribution in [0.4, 0.5) is 11.4 Å². The van der Waals surface area contributed by atoms with Crippen LogP contribution in [0.2, 0.25) is 0 Å². The van der Waals surface area contributed by atoms with Crippen molar-refractivity contribution in [2.24, 2.45) is 5.10 Å². The summed E-state index contributed by atoms with van der Waals surface area (Å²) in [5.41, 5.74) is 3.57. The molecular weight excluding hydrogens is 406 g/mol. The van der Waals surface area contributed by atoms with Gasteiger partial charge in [-0.3, -0.25) is 4.79 Å². The summed E-state index contributed by atoms with van der Waals surface area (Å²) in [6.07, 6.45) is 3.52.